The molecule has 0 unspecified atom stereocenters. The van der Waals surface area contributed by atoms with Crippen molar-refractivity contribution in [3.8, 4) is 0 Å². The molecular weight excluding hydrogens is 383 g/mol. The Morgan fingerprint density at radius 2 is 1.70 bits per heavy atom. The van der Waals surface area contributed by atoms with E-state index in [2.05, 4.69) is 5.32 Å². The number of carbonyl (C=O) groups is 2. The number of nitrogens with zero attached hydrogens (tertiary/aromatic N) is 1. The molecule has 1 aliphatic rings. The van der Waals surface area contributed by atoms with Crippen molar-refractivity contribution in [1.29, 1.82) is 0 Å². The summed E-state index contributed by atoms with van der Waals surface area (Å²) < 4.78 is 0. The van der Waals surface area contributed by atoms with E-state index < -0.39 is 0 Å². The summed E-state index contributed by atoms with van der Waals surface area (Å²) in [5.74, 6) is 0.223. The standard InChI is InChI=1S/C21H22Cl2N2O2/c22-18-9-7-15(12-19(18)23)8-10-20(26)24-13-16-3-5-17(6-4-16)14-25-11-1-2-21(25)27/h3-7,9,12H,1-2,8,10-11,13-14H2,(H,24,26). The van der Waals surface area contributed by atoms with Gasteiger partial charge in [0, 0.05) is 32.5 Å². The number of aryl methyl sites for hydroxylation is 1. The van der Waals surface area contributed by atoms with Gasteiger partial charge in [-0.2, -0.15) is 0 Å². The Hall–Kier alpha value is -2.04. The molecule has 2 aromatic rings. The molecule has 3 rings (SSSR count). The number of nitrogens with one attached hydrogen (secondary N) is 1. The van der Waals surface area contributed by atoms with Crippen LogP contribution in [0.5, 0.6) is 0 Å². The highest BCUT2D eigenvalue weighted by molar-refractivity contribution is 6.42. The van der Waals surface area contributed by atoms with Crippen molar-refractivity contribution in [3.05, 3.63) is 69.2 Å². The number of hydrogen-bond acceptors (Lipinski definition) is 2. The van der Waals surface area contributed by atoms with Crippen LogP contribution in [0.25, 0.3) is 0 Å². The van der Waals surface area contributed by atoms with Crippen molar-refractivity contribution in [2.45, 2.75) is 38.8 Å². The summed E-state index contributed by atoms with van der Waals surface area (Å²) in [6.45, 7) is 1.99. The normalized spacial score (nSPS) is 13.9. The molecule has 0 spiro atoms. The zero-order chi connectivity index (χ0) is 19.2. The maximum atomic E-state index is 12.1. The Labute approximate surface area is 169 Å². The lowest BCUT2D eigenvalue weighted by Gasteiger charge is -2.15. The predicted octanol–water partition coefficient (Wildman–Crippen LogP) is 4.36. The number of rotatable bonds is 7. The molecule has 0 aliphatic carbocycles. The summed E-state index contributed by atoms with van der Waals surface area (Å²) in [5.41, 5.74) is 3.13. The second-order valence-electron chi connectivity index (χ2n) is 6.76. The summed E-state index contributed by atoms with van der Waals surface area (Å²) >= 11 is 11.9. The molecular formula is C21H22Cl2N2O2. The molecule has 27 heavy (non-hydrogen) atoms. The van der Waals surface area contributed by atoms with Crippen LogP contribution in [0, 0.1) is 0 Å². The molecule has 2 aromatic carbocycles. The van der Waals surface area contributed by atoms with Gasteiger partial charge in [0.05, 0.1) is 10.0 Å². The number of likely N-dealkylation sites (tertiary alicyclic amines) is 1. The Morgan fingerprint density at radius 3 is 2.37 bits per heavy atom. The first-order valence-electron chi connectivity index (χ1n) is 9.07. The van der Waals surface area contributed by atoms with Crippen LogP contribution in [-0.2, 0) is 29.1 Å². The molecule has 1 aliphatic heterocycles. The molecule has 0 radical (unpaired) electrons. The van der Waals surface area contributed by atoms with Crippen LogP contribution in [0.2, 0.25) is 10.0 Å². The van der Waals surface area contributed by atoms with E-state index in [1.807, 2.05) is 35.2 Å². The van der Waals surface area contributed by atoms with E-state index in [-0.39, 0.29) is 11.8 Å². The Morgan fingerprint density at radius 1 is 1.00 bits per heavy atom. The van der Waals surface area contributed by atoms with E-state index >= 15 is 0 Å². The predicted molar refractivity (Wildman–Crippen MR) is 108 cm³/mol. The third-order valence-corrected chi connectivity index (χ3v) is 5.42. The van der Waals surface area contributed by atoms with Gasteiger partial charge >= 0.3 is 0 Å². The summed E-state index contributed by atoms with van der Waals surface area (Å²) in [5, 5.41) is 3.95. The molecule has 1 N–H and O–H groups in total. The monoisotopic (exact) mass is 404 g/mol. The van der Waals surface area contributed by atoms with Gasteiger partial charge in [-0.25, -0.2) is 0 Å². The highest BCUT2D eigenvalue weighted by atomic mass is 35.5. The molecule has 0 aromatic heterocycles. The maximum Gasteiger partial charge on any atom is 0.222 e. The van der Waals surface area contributed by atoms with E-state index in [0.29, 0.717) is 42.4 Å². The molecule has 0 bridgehead atoms. The number of halogens is 2. The lowest BCUT2D eigenvalue weighted by Crippen LogP contribution is -2.24. The quantitative estimate of drug-likeness (QED) is 0.744. The highest BCUT2D eigenvalue weighted by Gasteiger charge is 2.19. The Balaban J connectivity index is 1.43. The number of benzene rings is 2. The van der Waals surface area contributed by atoms with Gasteiger partial charge in [0.1, 0.15) is 0 Å². The van der Waals surface area contributed by atoms with E-state index in [0.717, 1.165) is 29.7 Å². The molecule has 2 amide bonds. The van der Waals surface area contributed by atoms with Crippen LogP contribution in [0.3, 0.4) is 0 Å². The van der Waals surface area contributed by atoms with Gasteiger partial charge in [-0.1, -0.05) is 53.5 Å². The fraction of sp³-hybridized carbons (Fsp3) is 0.333. The van der Waals surface area contributed by atoms with E-state index in [1.165, 1.54) is 0 Å². The fourth-order valence-corrected chi connectivity index (χ4v) is 3.42. The smallest absolute Gasteiger partial charge is 0.222 e. The minimum absolute atomic E-state index is 0.00666. The fourth-order valence-electron chi connectivity index (χ4n) is 3.10. The second kappa shape index (κ2) is 9.25. The second-order valence-corrected chi connectivity index (χ2v) is 7.57. The Kier molecular flexibility index (Phi) is 6.75. The van der Waals surface area contributed by atoms with Gasteiger partial charge in [-0.05, 0) is 41.7 Å². The van der Waals surface area contributed by atoms with Gasteiger partial charge < -0.3 is 10.2 Å². The SMILES string of the molecule is O=C(CCc1ccc(Cl)c(Cl)c1)NCc1ccc(CN2CCCC2=O)cc1. The largest absolute Gasteiger partial charge is 0.352 e. The maximum absolute atomic E-state index is 12.1. The van der Waals surface area contributed by atoms with Crippen LogP contribution in [0.15, 0.2) is 42.5 Å². The van der Waals surface area contributed by atoms with E-state index in [9.17, 15) is 9.59 Å². The van der Waals surface area contributed by atoms with Crippen molar-refractivity contribution in [1.82, 2.24) is 10.2 Å². The number of carbonyl (C=O) groups excluding carboxylic acids is 2. The van der Waals surface area contributed by atoms with Gasteiger partial charge in [0.15, 0.2) is 0 Å². The molecule has 142 valence electrons. The van der Waals surface area contributed by atoms with Crippen LogP contribution in [0.1, 0.15) is 36.0 Å². The van der Waals surface area contributed by atoms with E-state index in [4.69, 9.17) is 23.2 Å². The highest BCUT2D eigenvalue weighted by Crippen LogP contribution is 2.23. The third kappa shape index (κ3) is 5.72. The number of hydrogen-bond donors (Lipinski definition) is 1. The first-order chi connectivity index (χ1) is 13.0. The minimum atomic E-state index is -0.00666. The first-order valence-corrected chi connectivity index (χ1v) is 9.83. The zero-order valence-corrected chi connectivity index (χ0v) is 16.5. The van der Waals surface area contributed by atoms with Crippen molar-refractivity contribution >= 4 is 35.0 Å². The molecule has 0 saturated carbocycles. The van der Waals surface area contributed by atoms with Gasteiger partial charge in [-0.15, -0.1) is 0 Å². The van der Waals surface area contributed by atoms with Gasteiger partial charge in [0.25, 0.3) is 0 Å². The van der Waals surface area contributed by atoms with Crippen molar-refractivity contribution in [3.63, 3.8) is 0 Å². The van der Waals surface area contributed by atoms with Crippen molar-refractivity contribution in [2.24, 2.45) is 0 Å². The van der Waals surface area contributed by atoms with Gasteiger partial charge in [-0.3, -0.25) is 9.59 Å². The first kappa shape index (κ1) is 19.7. The average molecular weight is 405 g/mol. The summed E-state index contributed by atoms with van der Waals surface area (Å²) in [6.07, 6.45) is 2.62. The topological polar surface area (TPSA) is 49.4 Å². The lowest BCUT2D eigenvalue weighted by atomic mass is 10.1. The van der Waals surface area contributed by atoms with Crippen molar-refractivity contribution in [2.75, 3.05) is 6.54 Å². The van der Waals surface area contributed by atoms with Crippen LogP contribution in [0.4, 0.5) is 0 Å². The molecule has 1 heterocycles. The van der Waals surface area contributed by atoms with Crippen LogP contribution >= 0.6 is 23.2 Å². The number of amides is 2. The van der Waals surface area contributed by atoms with Crippen LogP contribution < -0.4 is 5.32 Å². The van der Waals surface area contributed by atoms with Crippen LogP contribution in [-0.4, -0.2) is 23.3 Å². The molecule has 1 fully saturated rings. The summed E-state index contributed by atoms with van der Waals surface area (Å²) in [6, 6.07) is 13.4. The lowest BCUT2D eigenvalue weighted by molar-refractivity contribution is -0.128. The minimum Gasteiger partial charge on any atom is -0.352 e. The van der Waals surface area contributed by atoms with E-state index in [1.54, 1.807) is 12.1 Å². The average Bonchev–Trinajstić information content (AvgIpc) is 3.07. The molecule has 1 saturated heterocycles. The molecule has 0 atom stereocenters. The van der Waals surface area contributed by atoms with Gasteiger partial charge in [0.2, 0.25) is 11.8 Å². The molecule has 6 heteroatoms. The third-order valence-electron chi connectivity index (χ3n) is 4.68. The van der Waals surface area contributed by atoms with Crippen molar-refractivity contribution < 1.29 is 9.59 Å². The zero-order valence-electron chi connectivity index (χ0n) is 15.0. The Bertz CT molecular complexity index is 821. The molecule has 4 nitrogen and oxygen atoms in total. The summed E-state index contributed by atoms with van der Waals surface area (Å²) in [4.78, 5) is 25.6. The summed E-state index contributed by atoms with van der Waals surface area (Å²) in [7, 11) is 0.